The third-order valence-corrected chi connectivity index (χ3v) is 3.76. The third kappa shape index (κ3) is 3.36. The zero-order valence-electron chi connectivity index (χ0n) is 11.5. The number of hydrogen-bond acceptors (Lipinski definition) is 3. The van der Waals surface area contributed by atoms with E-state index in [9.17, 15) is 9.59 Å². The molecule has 1 aromatic carbocycles. The van der Waals surface area contributed by atoms with Gasteiger partial charge < -0.3 is 16.4 Å². The first-order valence-electron chi connectivity index (χ1n) is 7.00. The summed E-state index contributed by atoms with van der Waals surface area (Å²) in [5, 5.41) is 0. The molecule has 0 aliphatic carbocycles. The van der Waals surface area contributed by atoms with E-state index < -0.39 is 0 Å². The predicted octanol–water partition coefficient (Wildman–Crippen LogP) is 1.02. The number of carbonyl (C=O) groups excluding carboxylic acids is 2. The first-order valence-corrected chi connectivity index (χ1v) is 7.00. The standard InChI is InChI=1S/C15H21N3O2/c16-10-11-4-6-12(7-5-11)15(20)18-8-2-1-3-13(18)9-14(17)19/h4-7,13H,1-3,8-10,16H2,(H2,17,19)/t13-/m1/s1. The van der Waals surface area contributed by atoms with Crippen molar-refractivity contribution in [2.75, 3.05) is 6.54 Å². The molecule has 4 N–H and O–H groups in total. The molecule has 1 aliphatic heterocycles. The van der Waals surface area contributed by atoms with Crippen molar-refractivity contribution in [3.05, 3.63) is 35.4 Å². The van der Waals surface area contributed by atoms with Crippen molar-refractivity contribution >= 4 is 11.8 Å². The topological polar surface area (TPSA) is 89.4 Å². The summed E-state index contributed by atoms with van der Waals surface area (Å²) in [4.78, 5) is 25.4. The monoisotopic (exact) mass is 275 g/mol. The van der Waals surface area contributed by atoms with E-state index in [0.29, 0.717) is 18.7 Å². The Labute approximate surface area is 118 Å². The van der Waals surface area contributed by atoms with Gasteiger partial charge in [0, 0.05) is 31.1 Å². The zero-order chi connectivity index (χ0) is 14.5. The van der Waals surface area contributed by atoms with E-state index in [0.717, 1.165) is 24.8 Å². The Morgan fingerprint density at radius 3 is 2.50 bits per heavy atom. The van der Waals surface area contributed by atoms with E-state index in [2.05, 4.69) is 0 Å². The molecule has 20 heavy (non-hydrogen) atoms. The highest BCUT2D eigenvalue weighted by atomic mass is 16.2. The number of rotatable bonds is 4. The number of likely N-dealkylation sites (tertiary alicyclic amines) is 1. The van der Waals surface area contributed by atoms with Crippen molar-refractivity contribution in [3.63, 3.8) is 0 Å². The van der Waals surface area contributed by atoms with Gasteiger partial charge in [0.15, 0.2) is 0 Å². The average molecular weight is 275 g/mol. The molecule has 1 saturated heterocycles. The zero-order valence-corrected chi connectivity index (χ0v) is 11.5. The lowest BCUT2D eigenvalue weighted by atomic mass is 9.97. The van der Waals surface area contributed by atoms with E-state index in [4.69, 9.17) is 11.5 Å². The van der Waals surface area contributed by atoms with Gasteiger partial charge in [-0.15, -0.1) is 0 Å². The van der Waals surface area contributed by atoms with Gasteiger partial charge >= 0.3 is 0 Å². The van der Waals surface area contributed by atoms with Crippen LogP contribution in [0.3, 0.4) is 0 Å². The average Bonchev–Trinajstić information content (AvgIpc) is 2.46. The van der Waals surface area contributed by atoms with Crippen molar-refractivity contribution < 1.29 is 9.59 Å². The summed E-state index contributed by atoms with van der Waals surface area (Å²) < 4.78 is 0. The second-order valence-corrected chi connectivity index (χ2v) is 5.22. The highest BCUT2D eigenvalue weighted by molar-refractivity contribution is 5.94. The summed E-state index contributed by atoms with van der Waals surface area (Å²) in [6.07, 6.45) is 3.10. The van der Waals surface area contributed by atoms with Crippen molar-refractivity contribution in [1.29, 1.82) is 0 Å². The van der Waals surface area contributed by atoms with E-state index in [1.165, 1.54) is 0 Å². The summed E-state index contributed by atoms with van der Waals surface area (Å²) >= 11 is 0. The van der Waals surface area contributed by atoms with Crippen LogP contribution in [-0.2, 0) is 11.3 Å². The smallest absolute Gasteiger partial charge is 0.254 e. The van der Waals surface area contributed by atoms with Crippen LogP contribution in [0.5, 0.6) is 0 Å². The maximum absolute atomic E-state index is 12.5. The fourth-order valence-electron chi connectivity index (χ4n) is 2.66. The second-order valence-electron chi connectivity index (χ2n) is 5.22. The number of piperidine rings is 1. The highest BCUT2D eigenvalue weighted by Crippen LogP contribution is 2.22. The van der Waals surface area contributed by atoms with Gasteiger partial charge in [-0.05, 0) is 37.0 Å². The van der Waals surface area contributed by atoms with Crippen LogP contribution in [0.4, 0.5) is 0 Å². The van der Waals surface area contributed by atoms with Gasteiger partial charge in [-0.1, -0.05) is 12.1 Å². The Morgan fingerprint density at radius 2 is 1.90 bits per heavy atom. The molecule has 5 heteroatoms. The maximum Gasteiger partial charge on any atom is 0.254 e. The molecular weight excluding hydrogens is 254 g/mol. The van der Waals surface area contributed by atoms with Crippen LogP contribution in [0.1, 0.15) is 41.6 Å². The lowest BCUT2D eigenvalue weighted by molar-refractivity contribution is -0.119. The first kappa shape index (κ1) is 14.5. The summed E-state index contributed by atoms with van der Waals surface area (Å²) in [6, 6.07) is 7.24. The lowest BCUT2D eigenvalue weighted by Gasteiger charge is -2.35. The summed E-state index contributed by atoms with van der Waals surface area (Å²) in [5.41, 5.74) is 12.5. The Kier molecular flexibility index (Phi) is 4.74. The van der Waals surface area contributed by atoms with E-state index in [1.807, 2.05) is 12.1 Å². The number of primary amides is 1. The molecule has 0 radical (unpaired) electrons. The minimum atomic E-state index is -0.354. The molecule has 0 spiro atoms. The summed E-state index contributed by atoms with van der Waals surface area (Å²) in [5.74, 6) is -0.382. The SMILES string of the molecule is NCc1ccc(C(=O)N2CCCC[C@@H]2CC(N)=O)cc1. The highest BCUT2D eigenvalue weighted by Gasteiger charge is 2.28. The fraction of sp³-hybridized carbons (Fsp3) is 0.467. The Morgan fingerprint density at radius 1 is 1.20 bits per heavy atom. The van der Waals surface area contributed by atoms with Crippen LogP contribution >= 0.6 is 0 Å². The molecule has 5 nitrogen and oxygen atoms in total. The number of nitrogens with two attached hydrogens (primary N) is 2. The van der Waals surface area contributed by atoms with Crippen molar-refractivity contribution in [2.45, 2.75) is 38.3 Å². The normalized spacial score (nSPS) is 18.9. The van der Waals surface area contributed by atoms with Gasteiger partial charge in [0.25, 0.3) is 5.91 Å². The van der Waals surface area contributed by atoms with Gasteiger partial charge in [-0.25, -0.2) is 0 Å². The van der Waals surface area contributed by atoms with Crippen molar-refractivity contribution in [1.82, 2.24) is 4.90 Å². The Balaban J connectivity index is 2.13. The van der Waals surface area contributed by atoms with Crippen molar-refractivity contribution in [2.24, 2.45) is 11.5 Å². The molecule has 0 saturated carbocycles. The molecule has 0 aromatic heterocycles. The van der Waals surface area contributed by atoms with E-state index in [-0.39, 0.29) is 24.3 Å². The van der Waals surface area contributed by atoms with Gasteiger partial charge in [0.05, 0.1) is 0 Å². The largest absolute Gasteiger partial charge is 0.370 e. The molecule has 1 atom stereocenters. The van der Waals surface area contributed by atoms with E-state index >= 15 is 0 Å². The minimum Gasteiger partial charge on any atom is -0.370 e. The third-order valence-electron chi connectivity index (χ3n) is 3.76. The number of benzene rings is 1. The Hall–Kier alpha value is -1.88. The maximum atomic E-state index is 12.5. The van der Waals surface area contributed by atoms with Crippen molar-refractivity contribution in [3.8, 4) is 0 Å². The minimum absolute atomic E-state index is 0.0282. The van der Waals surface area contributed by atoms with Crippen LogP contribution < -0.4 is 11.5 Å². The molecule has 0 bridgehead atoms. The molecule has 2 amide bonds. The molecule has 1 aromatic rings. The van der Waals surface area contributed by atoms with Crippen LogP contribution in [0.25, 0.3) is 0 Å². The lowest BCUT2D eigenvalue weighted by Crippen LogP contribution is -2.45. The summed E-state index contributed by atoms with van der Waals surface area (Å²) in [6.45, 7) is 1.15. The van der Waals surface area contributed by atoms with Gasteiger partial charge in [-0.2, -0.15) is 0 Å². The van der Waals surface area contributed by atoms with Crippen LogP contribution in [0, 0.1) is 0 Å². The number of nitrogens with zero attached hydrogens (tertiary/aromatic N) is 1. The molecule has 1 fully saturated rings. The van der Waals surface area contributed by atoms with Gasteiger partial charge in [0.2, 0.25) is 5.91 Å². The quantitative estimate of drug-likeness (QED) is 0.859. The molecule has 108 valence electrons. The van der Waals surface area contributed by atoms with Crippen LogP contribution in [-0.4, -0.2) is 29.3 Å². The second kappa shape index (κ2) is 6.52. The van der Waals surface area contributed by atoms with Crippen LogP contribution in [0.2, 0.25) is 0 Å². The number of amides is 2. The number of hydrogen-bond donors (Lipinski definition) is 2. The first-order chi connectivity index (χ1) is 9.61. The van der Waals surface area contributed by atoms with Gasteiger partial charge in [-0.3, -0.25) is 9.59 Å². The number of carbonyl (C=O) groups is 2. The summed E-state index contributed by atoms with van der Waals surface area (Å²) in [7, 11) is 0. The molecular formula is C15H21N3O2. The van der Waals surface area contributed by atoms with E-state index in [1.54, 1.807) is 17.0 Å². The predicted molar refractivity (Wildman–Crippen MR) is 76.8 cm³/mol. The molecule has 1 aliphatic rings. The fourth-order valence-corrected chi connectivity index (χ4v) is 2.66. The van der Waals surface area contributed by atoms with Crippen LogP contribution in [0.15, 0.2) is 24.3 Å². The molecule has 0 unspecified atom stereocenters. The Bertz CT molecular complexity index is 484. The van der Waals surface area contributed by atoms with Gasteiger partial charge in [0.1, 0.15) is 0 Å². The molecule has 1 heterocycles. The molecule has 2 rings (SSSR count).